The lowest BCUT2D eigenvalue weighted by Gasteiger charge is -2.21. The average Bonchev–Trinajstić information content (AvgIpc) is 2.31. The lowest BCUT2D eigenvalue weighted by molar-refractivity contribution is 0.336. The fourth-order valence-electron chi connectivity index (χ4n) is 1.45. The van der Waals surface area contributed by atoms with Gasteiger partial charge >= 0.3 is 0 Å². The van der Waals surface area contributed by atoms with Crippen LogP contribution in [-0.4, -0.2) is 17.3 Å². The maximum absolute atomic E-state index is 5.71. The van der Waals surface area contributed by atoms with Crippen LogP contribution in [0, 0.1) is 5.41 Å². The highest BCUT2D eigenvalue weighted by atomic mass is 79.9. The first-order valence-corrected chi connectivity index (χ1v) is 7.76. The fraction of sp³-hybridized carbons (Fsp3) is 0.615. The average molecular weight is 317 g/mol. The lowest BCUT2D eigenvalue weighted by Crippen LogP contribution is -2.23. The standard InChI is InChI=1S/C13H21BrN2S/c1-13(2,10-15)7-3-4-9-17-12-11(14)6-5-8-16-12/h5-6,8H,3-4,7,9-10,15H2,1-2H3. The Morgan fingerprint density at radius 1 is 1.41 bits per heavy atom. The Hall–Kier alpha value is -0.0600. The number of hydrogen-bond donors (Lipinski definition) is 1. The summed E-state index contributed by atoms with van der Waals surface area (Å²) < 4.78 is 1.09. The molecule has 0 saturated heterocycles. The highest BCUT2D eigenvalue weighted by Gasteiger charge is 2.14. The Morgan fingerprint density at radius 2 is 2.18 bits per heavy atom. The fourth-order valence-corrected chi connectivity index (χ4v) is 2.94. The van der Waals surface area contributed by atoms with Crippen LogP contribution in [0.3, 0.4) is 0 Å². The lowest BCUT2D eigenvalue weighted by atomic mass is 9.88. The molecule has 2 nitrogen and oxygen atoms in total. The third-order valence-corrected chi connectivity index (χ3v) is 4.76. The van der Waals surface area contributed by atoms with Gasteiger partial charge in [0.25, 0.3) is 0 Å². The molecule has 1 heterocycles. The molecule has 4 heteroatoms. The number of unbranched alkanes of at least 4 members (excludes halogenated alkanes) is 1. The van der Waals surface area contributed by atoms with Crippen molar-refractivity contribution in [3.8, 4) is 0 Å². The van der Waals surface area contributed by atoms with E-state index in [1.165, 1.54) is 19.3 Å². The van der Waals surface area contributed by atoms with E-state index in [1.54, 1.807) is 0 Å². The van der Waals surface area contributed by atoms with Gasteiger partial charge in [0.1, 0.15) is 5.03 Å². The molecule has 0 aliphatic rings. The van der Waals surface area contributed by atoms with Gasteiger partial charge in [-0.25, -0.2) is 4.98 Å². The van der Waals surface area contributed by atoms with Crippen LogP contribution in [-0.2, 0) is 0 Å². The Morgan fingerprint density at radius 3 is 2.82 bits per heavy atom. The summed E-state index contributed by atoms with van der Waals surface area (Å²) in [4.78, 5) is 4.34. The minimum atomic E-state index is 0.288. The van der Waals surface area contributed by atoms with Crippen molar-refractivity contribution in [2.75, 3.05) is 12.3 Å². The van der Waals surface area contributed by atoms with Gasteiger partial charge in [0.2, 0.25) is 0 Å². The van der Waals surface area contributed by atoms with E-state index >= 15 is 0 Å². The van der Waals surface area contributed by atoms with Gasteiger partial charge in [0.15, 0.2) is 0 Å². The molecule has 0 spiro atoms. The van der Waals surface area contributed by atoms with Crippen LogP contribution in [0.1, 0.15) is 33.1 Å². The number of pyridine rings is 1. The molecule has 1 rings (SSSR count). The first-order valence-electron chi connectivity index (χ1n) is 5.98. The number of nitrogens with two attached hydrogens (primary N) is 1. The summed E-state index contributed by atoms with van der Waals surface area (Å²) in [7, 11) is 0. The van der Waals surface area contributed by atoms with E-state index in [0.29, 0.717) is 0 Å². The molecule has 0 unspecified atom stereocenters. The minimum Gasteiger partial charge on any atom is -0.330 e. The van der Waals surface area contributed by atoms with E-state index in [4.69, 9.17) is 5.73 Å². The van der Waals surface area contributed by atoms with Crippen LogP contribution in [0.4, 0.5) is 0 Å². The van der Waals surface area contributed by atoms with Crippen LogP contribution < -0.4 is 5.73 Å². The smallest absolute Gasteiger partial charge is 0.110 e. The molecule has 0 fully saturated rings. The first kappa shape index (κ1) is 15.0. The number of hydrogen-bond acceptors (Lipinski definition) is 3. The van der Waals surface area contributed by atoms with Crippen molar-refractivity contribution >= 4 is 27.7 Å². The summed E-state index contributed by atoms with van der Waals surface area (Å²) in [5, 5.41) is 1.09. The molecule has 2 N–H and O–H groups in total. The normalized spacial score (nSPS) is 11.8. The maximum Gasteiger partial charge on any atom is 0.110 e. The van der Waals surface area contributed by atoms with Crippen LogP contribution in [0.2, 0.25) is 0 Å². The second-order valence-electron chi connectivity index (χ2n) is 4.96. The molecule has 0 amide bonds. The summed E-state index contributed by atoms with van der Waals surface area (Å²) in [5.74, 6) is 1.12. The Balaban J connectivity index is 2.19. The molecule has 0 aliphatic heterocycles. The van der Waals surface area contributed by atoms with Gasteiger partial charge < -0.3 is 5.73 Å². The molecule has 1 aromatic heterocycles. The molecule has 0 radical (unpaired) electrons. The van der Waals surface area contributed by atoms with Gasteiger partial charge in [0.05, 0.1) is 0 Å². The van der Waals surface area contributed by atoms with Gasteiger partial charge in [-0.05, 0) is 58.6 Å². The SMILES string of the molecule is CC(C)(CN)CCCCSc1ncccc1Br. The maximum atomic E-state index is 5.71. The van der Waals surface area contributed by atoms with Crippen LogP contribution in [0.5, 0.6) is 0 Å². The van der Waals surface area contributed by atoms with Gasteiger partial charge in [0, 0.05) is 10.7 Å². The summed E-state index contributed by atoms with van der Waals surface area (Å²) in [5.41, 5.74) is 6.00. The second kappa shape index (κ2) is 7.39. The summed E-state index contributed by atoms with van der Waals surface area (Å²) in [6.45, 7) is 5.23. The number of nitrogens with zero attached hydrogens (tertiary/aromatic N) is 1. The second-order valence-corrected chi connectivity index (χ2v) is 6.90. The molecule has 17 heavy (non-hydrogen) atoms. The van der Waals surface area contributed by atoms with E-state index in [9.17, 15) is 0 Å². The van der Waals surface area contributed by atoms with Gasteiger partial charge in [-0.2, -0.15) is 0 Å². The number of thioether (sulfide) groups is 1. The number of rotatable bonds is 7. The molecule has 0 bridgehead atoms. The predicted molar refractivity (Wildman–Crippen MR) is 79.3 cm³/mol. The summed E-state index contributed by atoms with van der Waals surface area (Å²) >= 11 is 5.32. The number of halogens is 1. The van der Waals surface area contributed by atoms with Crippen molar-refractivity contribution in [3.63, 3.8) is 0 Å². The summed E-state index contributed by atoms with van der Waals surface area (Å²) in [6, 6.07) is 3.98. The van der Waals surface area contributed by atoms with E-state index in [-0.39, 0.29) is 5.41 Å². The van der Waals surface area contributed by atoms with Crippen LogP contribution >= 0.6 is 27.7 Å². The van der Waals surface area contributed by atoms with E-state index in [2.05, 4.69) is 34.8 Å². The highest BCUT2D eigenvalue weighted by molar-refractivity contribution is 9.10. The molecular formula is C13H21BrN2S. The third kappa shape index (κ3) is 5.89. The monoisotopic (exact) mass is 316 g/mol. The van der Waals surface area contributed by atoms with Gasteiger partial charge in [-0.3, -0.25) is 0 Å². The molecule has 0 aliphatic carbocycles. The van der Waals surface area contributed by atoms with E-state index < -0.39 is 0 Å². The zero-order valence-corrected chi connectivity index (χ0v) is 13.0. The molecule has 0 atom stereocenters. The van der Waals surface area contributed by atoms with Crippen LogP contribution in [0.25, 0.3) is 0 Å². The van der Waals surface area contributed by atoms with Gasteiger partial charge in [-0.15, -0.1) is 11.8 Å². The van der Waals surface area contributed by atoms with Crippen LogP contribution in [0.15, 0.2) is 27.8 Å². The highest BCUT2D eigenvalue weighted by Crippen LogP contribution is 2.27. The largest absolute Gasteiger partial charge is 0.330 e. The third-order valence-electron chi connectivity index (χ3n) is 2.76. The van der Waals surface area contributed by atoms with Crippen molar-refractivity contribution in [1.82, 2.24) is 4.98 Å². The van der Waals surface area contributed by atoms with Crippen molar-refractivity contribution in [2.24, 2.45) is 11.1 Å². The topological polar surface area (TPSA) is 38.9 Å². The molecule has 1 aromatic rings. The van der Waals surface area contributed by atoms with Crippen molar-refractivity contribution < 1.29 is 0 Å². The zero-order chi connectivity index (χ0) is 12.7. The Bertz CT molecular complexity index is 342. The summed E-state index contributed by atoms with van der Waals surface area (Å²) in [6.07, 6.45) is 5.50. The quantitative estimate of drug-likeness (QED) is 0.608. The molecule has 96 valence electrons. The Kier molecular flexibility index (Phi) is 6.52. The molecule has 0 saturated carbocycles. The first-order chi connectivity index (χ1) is 8.05. The van der Waals surface area contributed by atoms with E-state index in [0.717, 1.165) is 21.8 Å². The zero-order valence-electron chi connectivity index (χ0n) is 10.6. The molecular weight excluding hydrogens is 296 g/mol. The van der Waals surface area contributed by atoms with Crippen molar-refractivity contribution in [2.45, 2.75) is 38.1 Å². The van der Waals surface area contributed by atoms with Crippen molar-refractivity contribution in [3.05, 3.63) is 22.8 Å². The number of aromatic nitrogens is 1. The Labute approximate surface area is 117 Å². The minimum absolute atomic E-state index is 0.288. The predicted octanol–water partition coefficient (Wildman–Crippen LogP) is 4.09. The van der Waals surface area contributed by atoms with Crippen molar-refractivity contribution in [1.29, 1.82) is 0 Å². The van der Waals surface area contributed by atoms with Gasteiger partial charge in [-0.1, -0.05) is 20.3 Å². The van der Waals surface area contributed by atoms with E-state index in [1.807, 2.05) is 30.1 Å². The molecule has 0 aromatic carbocycles.